The fourth-order valence-electron chi connectivity index (χ4n) is 7.92. The van der Waals surface area contributed by atoms with E-state index in [1.54, 1.807) is 17.0 Å². The van der Waals surface area contributed by atoms with Gasteiger partial charge in [0.15, 0.2) is 0 Å². The molecule has 2 amide bonds. The number of anilines is 1. The number of carbonyl (C=O) groups excluding carboxylic acids is 2. The van der Waals surface area contributed by atoms with Gasteiger partial charge in [-0.15, -0.1) is 0 Å². The Hall–Kier alpha value is -2.31. The number of carbonyl (C=O) groups is 2. The Labute approximate surface area is 207 Å². The highest BCUT2D eigenvalue weighted by Crippen LogP contribution is 2.55. The minimum Gasteiger partial charge on any atom is -0.446 e. The van der Waals surface area contributed by atoms with Gasteiger partial charge in [0, 0.05) is 25.0 Å². The first kappa shape index (κ1) is 23.1. The zero-order valence-corrected chi connectivity index (χ0v) is 21.1. The molecule has 190 valence electrons. The lowest BCUT2D eigenvalue weighted by molar-refractivity contribution is -0.103. The van der Waals surface area contributed by atoms with E-state index >= 15 is 0 Å². The summed E-state index contributed by atoms with van der Waals surface area (Å²) in [6.45, 7) is 7.06. The number of amides is 2. The van der Waals surface area contributed by atoms with E-state index in [2.05, 4.69) is 0 Å². The van der Waals surface area contributed by atoms with Crippen molar-refractivity contribution in [2.24, 2.45) is 23.7 Å². The Morgan fingerprint density at radius 2 is 1.60 bits per heavy atom. The second-order valence-corrected chi connectivity index (χ2v) is 12.8. The minimum atomic E-state index is -0.613. The summed E-state index contributed by atoms with van der Waals surface area (Å²) in [4.78, 5) is 29.6. The third-order valence-corrected chi connectivity index (χ3v) is 9.25. The summed E-state index contributed by atoms with van der Waals surface area (Å²) in [6, 6.07) is 4.63. The van der Waals surface area contributed by atoms with E-state index in [9.17, 15) is 14.0 Å². The lowest BCUT2D eigenvalue weighted by Crippen LogP contribution is -2.53. The van der Waals surface area contributed by atoms with E-state index in [1.165, 1.54) is 38.2 Å². The maximum atomic E-state index is 14.3. The molecular weight excluding hydrogens is 447 g/mol. The average molecular weight is 485 g/mol. The van der Waals surface area contributed by atoms with Crippen LogP contribution in [0.4, 0.5) is 19.7 Å². The van der Waals surface area contributed by atoms with Crippen LogP contribution in [-0.4, -0.2) is 48.4 Å². The third kappa shape index (κ3) is 4.09. The quantitative estimate of drug-likeness (QED) is 0.500. The van der Waals surface area contributed by atoms with Crippen LogP contribution in [0.3, 0.4) is 0 Å². The molecule has 4 bridgehead atoms. The van der Waals surface area contributed by atoms with Crippen LogP contribution >= 0.6 is 0 Å². The molecule has 1 aromatic rings. The molecule has 1 aromatic carbocycles. The highest BCUT2D eigenvalue weighted by atomic mass is 19.1. The van der Waals surface area contributed by atoms with Crippen molar-refractivity contribution in [1.82, 2.24) is 4.90 Å². The second kappa shape index (κ2) is 8.10. The lowest BCUT2D eigenvalue weighted by atomic mass is 9.55. The van der Waals surface area contributed by atoms with E-state index < -0.39 is 11.7 Å². The van der Waals surface area contributed by atoms with Crippen molar-refractivity contribution in [2.75, 3.05) is 24.5 Å². The van der Waals surface area contributed by atoms with Crippen molar-refractivity contribution in [1.29, 1.82) is 0 Å². The van der Waals surface area contributed by atoms with Crippen molar-refractivity contribution in [3.8, 4) is 0 Å². The van der Waals surface area contributed by atoms with E-state index in [4.69, 9.17) is 9.47 Å². The van der Waals surface area contributed by atoms with Gasteiger partial charge in [-0.2, -0.15) is 0 Å². The molecule has 1 saturated heterocycles. The van der Waals surface area contributed by atoms with Crippen LogP contribution in [0.2, 0.25) is 0 Å². The van der Waals surface area contributed by atoms with Gasteiger partial charge in [-0.25, -0.2) is 14.0 Å². The fourth-order valence-corrected chi connectivity index (χ4v) is 7.92. The SMILES string of the molecule is CC(C)(C)OC(=O)N1CC2(CCN(C(=O)OC3C4CC5CC(C4)CC3C5)CC2)c2cc(F)ccc21. The van der Waals surface area contributed by atoms with E-state index in [1.807, 2.05) is 25.7 Å². The van der Waals surface area contributed by atoms with Crippen molar-refractivity contribution in [3.63, 3.8) is 0 Å². The van der Waals surface area contributed by atoms with Crippen LogP contribution in [0, 0.1) is 29.5 Å². The first-order valence-corrected chi connectivity index (χ1v) is 13.4. The molecule has 0 N–H and O–H groups in total. The Bertz CT molecular complexity index is 998. The number of fused-ring (bicyclic) bond motifs is 2. The molecule has 7 rings (SSSR count). The molecule has 4 saturated carbocycles. The van der Waals surface area contributed by atoms with Gasteiger partial charge in [-0.1, -0.05) is 0 Å². The monoisotopic (exact) mass is 484 g/mol. The maximum absolute atomic E-state index is 14.3. The first-order valence-electron chi connectivity index (χ1n) is 13.4. The second-order valence-electron chi connectivity index (χ2n) is 12.8. The van der Waals surface area contributed by atoms with Gasteiger partial charge in [-0.05, 0) is 113 Å². The number of nitrogens with zero attached hydrogens (tertiary/aromatic N) is 2. The van der Waals surface area contributed by atoms with Crippen molar-refractivity contribution >= 4 is 17.9 Å². The predicted octanol–water partition coefficient (Wildman–Crippen LogP) is 5.88. The summed E-state index contributed by atoms with van der Waals surface area (Å²) in [5, 5.41) is 0. The van der Waals surface area contributed by atoms with Crippen LogP contribution in [-0.2, 0) is 14.9 Å². The largest absolute Gasteiger partial charge is 0.446 e. The first-order chi connectivity index (χ1) is 16.6. The highest BCUT2D eigenvalue weighted by molar-refractivity contribution is 5.91. The lowest BCUT2D eigenvalue weighted by Gasteiger charge is -2.53. The smallest absolute Gasteiger partial charge is 0.414 e. The maximum Gasteiger partial charge on any atom is 0.414 e. The molecule has 0 aromatic heterocycles. The highest BCUT2D eigenvalue weighted by Gasteiger charge is 2.51. The van der Waals surface area contributed by atoms with E-state index in [-0.39, 0.29) is 23.4 Å². The molecule has 6 nitrogen and oxygen atoms in total. The summed E-state index contributed by atoms with van der Waals surface area (Å²) in [5.41, 5.74) is 0.564. The van der Waals surface area contributed by atoms with Crippen molar-refractivity contribution in [3.05, 3.63) is 29.6 Å². The topological polar surface area (TPSA) is 59.1 Å². The molecule has 0 unspecified atom stereocenters. The molecule has 0 radical (unpaired) electrons. The summed E-state index contributed by atoms with van der Waals surface area (Å²) >= 11 is 0. The normalized spacial score (nSPS) is 32.6. The minimum absolute atomic E-state index is 0.0788. The average Bonchev–Trinajstić information content (AvgIpc) is 3.08. The number of ether oxygens (including phenoxy) is 2. The molecule has 35 heavy (non-hydrogen) atoms. The van der Waals surface area contributed by atoms with Gasteiger partial charge in [0.25, 0.3) is 0 Å². The van der Waals surface area contributed by atoms with Crippen molar-refractivity contribution in [2.45, 2.75) is 82.8 Å². The molecule has 1 spiro atoms. The molecule has 0 atom stereocenters. The number of rotatable bonds is 1. The fraction of sp³-hybridized carbons (Fsp3) is 0.714. The van der Waals surface area contributed by atoms with Gasteiger partial charge >= 0.3 is 12.2 Å². The summed E-state index contributed by atoms with van der Waals surface area (Å²) in [6.07, 6.45) is 7.06. The standard InChI is InChI=1S/C28H37FN2O4/c1-27(2,3)35-26(33)31-16-28(22-15-21(29)4-5-23(22)31)6-8-30(9-7-28)25(32)34-24-19-11-17-10-18(13-19)14-20(24)12-17/h4-5,15,17-20,24H,6-14,16H2,1-3H3. The Kier molecular flexibility index (Phi) is 5.35. The van der Waals surface area contributed by atoms with Crippen LogP contribution < -0.4 is 4.90 Å². The molecular formula is C28H37FN2O4. The van der Waals surface area contributed by atoms with Crippen LogP contribution in [0.1, 0.15) is 71.3 Å². The van der Waals surface area contributed by atoms with Crippen LogP contribution in [0.5, 0.6) is 0 Å². The molecule has 7 heteroatoms. The van der Waals surface area contributed by atoms with Crippen molar-refractivity contribution < 1.29 is 23.5 Å². The van der Waals surface area contributed by atoms with Gasteiger partial charge < -0.3 is 14.4 Å². The van der Waals surface area contributed by atoms with E-state index in [0.29, 0.717) is 50.0 Å². The Morgan fingerprint density at radius 1 is 0.971 bits per heavy atom. The Balaban J connectivity index is 1.14. The third-order valence-electron chi connectivity index (χ3n) is 9.25. The molecule has 5 fully saturated rings. The Morgan fingerprint density at radius 3 is 2.20 bits per heavy atom. The summed E-state index contributed by atoms with van der Waals surface area (Å²) in [5.74, 6) is 2.46. The summed E-state index contributed by atoms with van der Waals surface area (Å²) in [7, 11) is 0. The van der Waals surface area contributed by atoms with Crippen LogP contribution in [0.25, 0.3) is 0 Å². The van der Waals surface area contributed by atoms with Gasteiger partial charge in [0.05, 0.1) is 5.69 Å². The van der Waals surface area contributed by atoms with Crippen LogP contribution in [0.15, 0.2) is 18.2 Å². The zero-order valence-electron chi connectivity index (χ0n) is 21.1. The molecule has 2 heterocycles. The number of benzene rings is 1. The van der Waals surface area contributed by atoms with Gasteiger partial charge in [-0.3, -0.25) is 4.90 Å². The molecule has 6 aliphatic rings. The number of hydrogen-bond donors (Lipinski definition) is 0. The zero-order chi connectivity index (χ0) is 24.5. The van der Waals surface area contributed by atoms with E-state index in [0.717, 1.165) is 17.4 Å². The number of hydrogen-bond acceptors (Lipinski definition) is 4. The number of piperidine rings is 1. The molecule has 4 aliphatic carbocycles. The predicted molar refractivity (Wildman–Crippen MR) is 130 cm³/mol. The summed E-state index contributed by atoms with van der Waals surface area (Å²) < 4.78 is 26.1. The van der Waals surface area contributed by atoms with Gasteiger partial charge in [0.1, 0.15) is 17.5 Å². The number of halogens is 1. The van der Waals surface area contributed by atoms with Gasteiger partial charge in [0.2, 0.25) is 0 Å². The number of likely N-dealkylation sites (tertiary alicyclic amines) is 1. The molecule has 2 aliphatic heterocycles.